The third-order valence-electron chi connectivity index (χ3n) is 1.92. The molecule has 1 saturated heterocycles. The SMILES string of the molecule is CC1CN(CCS(C)(=O)=O)C1. The Bertz CT molecular complexity index is 217. The summed E-state index contributed by atoms with van der Waals surface area (Å²) in [7, 11) is -2.75. The Balaban J connectivity index is 2.15. The molecule has 4 heteroatoms. The molecule has 0 atom stereocenters. The highest BCUT2D eigenvalue weighted by Gasteiger charge is 2.22. The summed E-state index contributed by atoms with van der Waals surface area (Å²) in [5.41, 5.74) is 0. The van der Waals surface area contributed by atoms with Gasteiger partial charge in [0, 0.05) is 25.9 Å². The summed E-state index contributed by atoms with van der Waals surface area (Å²) < 4.78 is 21.5. The second-order valence-electron chi connectivity index (χ2n) is 3.49. The third kappa shape index (κ3) is 3.20. The monoisotopic (exact) mass is 177 g/mol. The van der Waals surface area contributed by atoms with E-state index >= 15 is 0 Å². The lowest BCUT2D eigenvalue weighted by Crippen LogP contribution is -2.46. The summed E-state index contributed by atoms with van der Waals surface area (Å²) in [6.45, 7) is 5.02. The topological polar surface area (TPSA) is 37.4 Å². The predicted octanol–water partition coefficient (Wildman–Crippen LogP) is -0.0173. The normalized spacial score (nSPS) is 21.6. The maximum Gasteiger partial charge on any atom is 0.148 e. The van der Waals surface area contributed by atoms with Crippen molar-refractivity contribution in [1.82, 2.24) is 4.90 Å². The van der Waals surface area contributed by atoms with E-state index < -0.39 is 9.84 Å². The molecule has 0 spiro atoms. The van der Waals surface area contributed by atoms with Crippen molar-refractivity contribution in [2.24, 2.45) is 5.92 Å². The molecule has 0 amide bonds. The molecule has 1 aliphatic rings. The fraction of sp³-hybridized carbons (Fsp3) is 1.00. The van der Waals surface area contributed by atoms with Crippen LogP contribution >= 0.6 is 0 Å². The number of likely N-dealkylation sites (tertiary alicyclic amines) is 1. The standard InChI is InChI=1S/C7H15NO2S/c1-7-5-8(6-7)3-4-11(2,9)10/h7H,3-6H2,1-2H3. The second kappa shape index (κ2) is 3.11. The molecule has 0 bridgehead atoms. The van der Waals surface area contributed by atoms with E-state index in [2.05, 4.69) is 11.8 Å². The van der Waals surface area contributed by atoms with Gasteiger partial charge in [0.25, 0.3) is 0 Å². The van der Waals surface area contributed by atoms with E-state index in [4.69, 9.17) is 0 Å². The summed E-state index contributed by atoms with van der Waals surface area (Å²) >= 11 is 0. The lowest BCUT2D eigenvalue weighted by molar-refractivity contribution is 0.122. The van der Waals surface area contributed by atoms with Gasteiger partial charge in [-0.2, -0.15) is 0 Å². The molecule has 1 heterocycles. The van der Waals surface area contributed by atoms with Crippen LogP contribution in [0.1, 0.15) is 6.92 Å². The van der Waals surface area contributed by atoms with Crippen molar-refractivity contribution in [1.29, 1.82) is 0 Å². The highest BCUT2D eigenvalue weighted by atomic mass is 32.2. The highest BCUT2D eigenvalue weighted by molar-refractivity contribution is 7.90. The Morgan fingerprint density at radius 2 is 2.00 bits per heavy atom. The number of sulfone groups is 1. The maximum absolute atomic E-state index is 10.7. The van der Waals surface area contributed by atoms with E-state index in [1.54, 1.807) is 0 Å². The fourth-order valence-corrected chi connectivity index (χ4v) is 1.90. The molecule has 11 heavy (non-hydrogen) atoms. The van der Waals surface area contributed by atoms with Gasteiger partial charge < -0.3 is 4.90 Å². The Morgan fingerprint density at radius 3 is 2.36 bits per heavy atom. The summed E-state index contributed by atoms with van der Waals surface area (Å²) in [5.74, 6) is 1.06. The minimum atomic E-state index is -2.75. The van der Waals surface area contributed by atoms with Crippen LogP contribution in [0, 0.1) is 5.92 Å². The molecular weight excluding hydrogens is 162 g/mol. The molecular formula is C7H15NO2S. The second-order valence-corrected chi connectivity index (χ2v) is 5.75. The van der Waals surface area contributed by atoms with Gasteiger partial charge in [-0.05, 0) is 5.92 Å². The molecule has 0 aliphatic carbocycles. The first kappa shape index (κ1) is 9.00. The van der Waals surface area contributed by atoms with Gasteiger partial charge in [-0.1, -0.05) is 6.92 Å². The lowest BCUT2D eigenvalue weighted by atomic mass is 10.0. The Labute approximate surface area is 68.3 Å². The number of hydrogen-bond donors (Lipinski definition) is 0. The quantitative estimate of drug-likeness (QED) is 0.608. The van der Waals surface area contributed by atoms with Gasteiger partial charge in [-0.3, -0.25) is 0 Å². The number of rotatable bonds is 3. The zero-order valence-electron chi connectivity index (χ0n) is 7.08. The van der Waals surface area contributed by atoms with Gasteiger partial charge in [0.2, 0.25) is 0 Å². The zero-order chi connectivity index (χ0) is 8.48. The lowest BCUT2D eigenvalue weighted by Gasteiger charge is -2.36. The average Bonchev–Trinajstić information content (AvgIpc) is 1.75. The van der Waals surface area contributed by atoms with Gasteiger partial charge in [-0.25, -0.2) is 8.42 Å². The van der Waals surface area contributed by atoms with Crippen LogP contribution in [0.2, 0.25) is 0 Å². The first-order valence-corrected chi connectivity index (χ1v) is 5.93. The minimum absolute atomic E-state index is 0.305. The van der Waals surface area contributed by atoms with Gasteiger partial charge in [0.1, 0.15) is 9.84 Å². The fourth-order valence-electron chi connectivity index (χ4n) is 1.31. The van der Waals surface area contributed by atoms with Crippen molar-refractivity contribution in [2.45, 2.75) is 6.92 Å². The molecule has 0 aromatic carbocycles. The Morgan fingerprint density at radius 1 is 1.45 bits per heavy atom. The van der Waals surface area contributed by atoms with E-state index in [0.29, 0.717) is 12.3 Å². The van der Waals surface area contributed by atoms with E-state index in [9.17, 15) is 8.42 Å². The van der Waals surface area contributed by atoms with Crippen LogP contribution in [0.3, 0.4) is 0 Å². The van der Waals surface area contributed by atoms with E-state index in [0.717, 1.165) is 19.0 Å². The largest absolute Gasteiger partial charge is 0.302 e. The summed E-state index contributed by atoms with van der Waals surface area (Å²) in [5, 5.41) is 0. The number of hydrogen-bond acceptors (Lipinski definition) is 3. The number of nitrogens with zero attached hydrogens (tertiary/aromatic N) is 1. The minimum Gasteiger partial charge on any atom is -0.302 e. The molecule has 66 valence electrons. The van der Waals surface area contributed by atoms with E-state index in [-0.39, 0.29) is 0 Å². The molecule has 0 aromatic heterocycles. The molecule has 0 radical (unpaired) electrons. The van der Waals surface area contributed by atoms with Gasteiger partial charge in [0.05, 0.1) is 5.75 Å². The average molecular weight is 177 g/mol. The Kier molecular flexibility index (Phi) is 2.54. The highest BCUT2D eigenvalue weighted by Crippen LogP contribution is 2.12. The van der Waals surface area contributed by atoms with Crippen LogP contribution in [0.5, 0.6) is 0 Å². The molecule has 3 nitrogen and oxygen atoms in total. The molecule has 0 aromatic rings. The van der Waals surface area contributed by atoms with Crippen LogP contribution in [-0.4, -0.2) is 45.0 Å². The van der Waals surface area contributed by atoms with Crippen molar-refractivity contribution in [3.05, 3.63) is 0 Å². The summed E-state index contributed by atoms with van der Waals surface area (Å²) in [6, 6.07) is 0. The van der Waals surface area contributed by atoms with Crippen LogP contribution in [0.4, 0.5) is 0 Å². The first-order valence-electron chi connectivity index (χ1n) is 3.87. The zero-order valence-corrected chi connectivity index (χ0v) is 7.89. The van der Waals surface area contributed by atoms with Gasteiger partial charge in [-0.15, -0.1) is 0 Å². The van der Waals surface area contributed by atoms with Crippen LogP contribution in [0.15, 0.2) is 0 Å². The molecule has 0 saturated carbocycles. The summed E-state index contributed by atoms with van der Waals surface area (Å²) in [6.07, 6.45) is 1.29. The van der Waals surface area contributed by atoms with Gasteiger partial charge >= 0.3 is 0 Å². The van der Waals surface area contributed by atoms with E-state index in [1.165, 1.54) is 6.26 Å². The molecule has 1 aliphatic heterocycles. The van der Waals surface area contributed by atoms with Crippen LogP contribution < -0.4 is 0 Å². The van der Waals surface area contributed by atoms with E-state index in [1.807, 2.05) is 0 Å². The summed E-state index contributed by atoms with van der Waals surface area (Å²) in [4.78, 5) is 2.17. The maximum atomic E-state index is 10.7. The first-order chi connectivity index (χ1) is 4.97. The van der Waals surface area contributed by atoms with Crippen molar-refractivity contribution in [3.63, 3.8) is 0 Å². The molecule has 0 unspecified atom stereocenters. The van der Waals surface area contributed by atoms with Crippen LogP contribution in [0.25, 0.3) is 0 Å². The molecule has 1 fully saturated rings. The van der Waals surface area contributed by atoms with Crippen molar-refractivity contribution in [2.75, 3.05) is 31.6 Å². The van der Waals surface area contributed by atoms with Gasteiger partial charge in [0.15, 0.2) is 0 Å². The third-order valence-corrected chi connectivity index (χ3v) is 2.84. The van der Waals surface area contributed by atoms with Crippen molar-refractivity contribution >= 4 is 9.84 Å². The van der Waals surface area contributed by atoms with Crippen molar-refractivity contribution in [3.8, 4) is 0 Å². The van der Waals surface area contributed by atoms with Crippen LogP contribution in [-0.2, 0) is 9.84 Å². The molecule has 1 rings (SSSR count). The van der Waals surface area contributed by atoms with Crippen molar-refractivity contribution < 1.29 is 8.42 Å². The molecule has 0 N–H and O–H groups in total. The smallest absolute Gasteiger partial charge is 0.148 e. The Hall–Kier alpha value is -0.0900. The predicted molar refractivity (Wildman–Crippen MR) is 45.3 cm³/mol.